The minimum Gasteiger partial charge on any atom is -0.481 e. The molecule has 0 saturated carbocycles. The summed E-state index contributed by atoms with van der Waals surface area (Å²) in [5.41, 5.74) is 1.47. The zero-order valence-corrected chi connectivity index (χ0v) is 13.1. The molecule has 0 saturated heterocycles. The second-order valence-electron chi connectivity index (χ2n) is 4.85. The van der Waals surface area contributed by atoms with Gasteiger partial charge in [-0.1, -0.05) is 0 Å². The lowest BCUT2D eigenvalue weighted by Crippen LogP contribution is -2.35. The molecule has 0 bridgehead atoms. The number of aryl methyl sites for hydroxylation is 2. The predicted octanol–water partition coefficient (Wildman–Crippen LogP) is 0.102. The Balaban J connectivity index is 3.02. The first-order valence-electron chi connectivity index (χ1n) is 6.45. The molecule has 0 amide bonds. The molecule has 1 atom stereocenters. The normalized spacial score (nSPS) is 12.6. The van der Waals surface area contributed by atoms with Crippen molar-refractivity contribution < 1.29 is 14.3 Å². The Labute approximate surface area is 119 Å². The molecule has 0 aliphatic heterocycles. The van der Waals surface area contributed by atoms with Crippen LogP contribution in [-0.4, -0.2) is 62.1 Å². The lowest BCUT2D eigenvalue weighted by Gasteiger charge is -2.19. The van der Waals surface area contributed by atoms with Gasteiger partial charge in [0, 0.05) is 20.1 Å². The van der Waals surface area contributed by atoms with E-state index in [1.54, 1.807) is 18.8 Å². The third-order valence-electron chi connectivity index (χ3n) is 3.04. The number of nitrogens with zero attached hydrogens (tertiary/aromatic N) is 3. The number of nitrogens with one attached hydrogen (secondary N) is 1. The fourth-order valence-corrected chi connectivity index (χ4v) is 2.08. The highest BCUT2D eigenvalue weighted by molar-refractivity contribution is 5.78. The SMILES string of the molecule is COC(=O)C(NCCN(C)C)c1c(C)nn(C)c1OC. The lowest BCUT2D eigenvalue weighted by molar-refractivity contribution is -0.143. The number of likely N-dealkylation sites (N-methyl/N-ethyl adjacent to an activating group) is 1. The number of aromatic nitrogens is 2. The van der Waals surface area contributed by atoms with Crippen LogP contribution in [0.25, 0.3) is 0 Å². The van der Waals surface area contributed by atoms with Gasteiger partial charge < -0.3 is 14.4 Å². The van der Waals surface area contributed by atoms with Crippen molar-refractivity contribution in [1.82, 2.24) is 20.0 Å². The number of carbonyl (C=O) groups excluding carboxylic acids is 1. The van der Waals surface area contributed by atoms with Gasteiger partial charge in [0.2, 0.25) is 5.88 Å². The van der Waals surface area contributed by atoms with Crippen LogP contribution in [0.3, 0.4) is 0 Å². The first kappa shape index (κ1) is 16.5. The topological polar surface area (TPSA) is 68.6 Å². The molecule has 0 radical (unpaired) electrons. The summed E-state index contributed by atoms with van der Waals surface area (Å²) in [6.07, 6.45) is 0. The van der Waals surface area contributed by atoms with Crippen molar-refractivity contribution in [3.05, 3.63) is 11.3 Å². The van der Waals surface area contributed by atoms with E-state index in [2.05, 4.69) is 10.4 Å². The fourth-order valence-electron chi connectivity index (χ4n) is 2.08. The van der Waals surface area contributed by atoms with Crippen molar-refractivity contribution >= 4 is 5.97 Å². The van der Waals surface area contributed by atoms with Gasteiger partial charge >= 0.3 is 5.97 Å². The van der Waals surface area contributed by atoms with E-state index in [-0.39, 0.29) is 5.97 Å². The van der Waals surface area contributed by atoms with Crippen LogP contribution in [0.2, 0.25) is 0 Å². The molecular formula is C13H24N4O3. The van der Waals surface area contributed by atoms with Crippen molar-refractivity contribution in [3.8, 4) is 5.88 Å². The van der Waals surface area contributed by atoms with Gasteiger partial charge in [-0.3, -0.25) is 5.32 Å². The van der Waals surface area contributed by atoms with Gasteiger partial charge in [-0.15, -0.1) is 0 Å². The van der Waals surface area contributed by atoms with E-state index in [9.17, 15) is 4.79 Å². The molecule has 1 N–H and O–H groups in total. The van der Waals surface area contributed by atoms with Gasteiger partial charge in [0.05, 0.1) is 25.5 Å². The summed E-state index contributed by atoms with van der Waals surface area (Å²) in [7, 11) is 8.67. The monoisotopic (exact) mass is 284 g/mol. The zero-order valence-electron chi connectivity index (χ0n) is 13.1. The number of ether oxygens (including phenoxy) is 2. The number of methoxy groups -OCH3 is 2. The van der Waals surface area contributed by atoms with Crippen molar-refractivity contribution in [2.75, 3.05) is 41.4 Å². The first-order valence-corrected chi connectivity index (χ1v) is 6.45. The molecule has 0 aliphatic carbocycles. The Kier molecular flexibility index (Phi) is 5.97. The van der Waals surface area contributed by atoms with E-state index in [4.69, 9.17) is 9.47 Å². The van der Waals surface area contributed by atoms with Crippen LogP contribution >= 0.6 is 0 Å². The molecule has 0 aromatic carbocycles. The fraction of sp³-hybridized carbons (Fsp3) is 0.692. The molecule has 7 heteroatoms. The molecule has 114 valence electrons. The second-order valence-corrected chi connectivity index (χ2v) is 4.85. The highest BCUT2D eigenvalue weighted by Crippen LogP contribution is 2.28. The number of carbonyl (C=O) groups is 1. The molecule has 1 aromatic heterocycles. The van der Waals surface area contributed by atoms with E-state index in [0.29, 0.717) is 12.4 Å². The predicted molar refractivity (Wildman–Crippen MR) is 75.8 cm³/mol. The van der Waals surface area contributed by atoms with E-state index < -0.39 is 6.04 Å². The minimum absolute atomic E-state index is 0.349. The van der Waals surface area contributed by atoms with E-state index in [1.807, 2.05) is 25.9 Å². The average molecular weight is 284 g/mol. The maximum Gasteiger partial charge on any atom is 0.327 e. The molecule has 1 rings (SSSR count). The molecule has 0 spiro atoms. The standard InChI is InChI=1S/C13H24N4O3/c1-9-10(12(19-5)17(4)15-9)11(13(18)20-6)14-7-8-16(2)3/h11,14H,7-8H2,1-6H3. The minimum atomic E-state index is -0.580. The van der Waals surface area contributed by atoms with Crippen LogP contribution in [0.4, 0.5) is 0 Å². The van der Waals surface area contributed by atoms with Crippen molar-refractivity contribution in [2.45, 2.75) is 13.0 Å². The maximum absolute atomic E-state index is 12.0. The van der Waals surface area contributed by atoms with Gasteiger partial charge in [-0.05, 0) is 21.0 Å². The number of hydrogen-bond acceptors (Lipinski definition) is 6. The van der Waals surface area contributed by atoms with Gasteiger partial charge in [0.1, 0.15) is 6.04 Å². The van der Waals surface area contributed by atoms with Crippen molar-refractivity contribution in [2.24, 2.45) is 7.05 Å². The molecule has 0 fully saturated rings. The van der Waals surface area contributed by atoms with Crippen molar-refractivity contribution in [3.63, 3.8) is 0 Å². The molecule has 20 heavy (non-hydrogen) atoms. The van der Waals surface area contributed by atoms with Crippen LogP contribution in [-0.2, 0) is 16.6 Å². The molecule has 0 aliphatic rings. The molecular weight excluding hydrogens is 260 g/mol. The average Bonchev–Trinajstić information content (AvgIpc) is 2.67. The van der Waals surface area contributed by atoms with Crippen molar-refractivity contribution in [1.29, 1.82) is 0 Å². The highest BCUT2D eigenvalue weighted by atomic mass is 16.5. The third kappa shape index (κ3) is 3.71. The van der Waals surface area contributed by atoms with Crippen LogP contribution < -0.4 is 10.1 Å². The molecule has 1 aromatic rings. The smallest absolute Gasteiger partial charge is 0.327 e. The summed E-state index contributed by atoms with van der Waals surface area (Å²) in [5, 5.41) is 7.49. The Bertz CT molecular complexity index is 457. The van der Waals surface area contributed by atoms with Crippen LogP contribution in [0.1, 0.15) is 17.3 Å². The maximum atomic E-state index is 12.0. The Morgan fingerprint density at radius 2 is 2.10 bits per heavy atom. The summed E-state index contributed by atoms with van der Waals surface area (Å²) in [6.45, 7) is 3.32. The van der Waals surface area contributed by atoms with E-state index >= 15 is 0 Å². The summed E-state index contributed by atoms with van der Waals surface area (Å²) in [6, 6.07) is -0.580. The molecule has 1 unspecified atom stereocenters. The summed E-state index contributed by atoms with van der Waals surface area (Å²) >= 11 is 0. The highest BCUT2D eigenvalue weighted by Gasteiger charge is 2.29. The third-order valence-corrected chi connectivity index (χ3v) is 3.04. The zero-order chi connectivity index (χ0) is 15.3. The van der Waals surface area contributed by atoms with Gasteiger partial charge in [-0.2, -0.15) is 5.10 Å². The Hall–Kier alpha value is -1.60. The Morgan fingerprint density at radius 1 is 1.45 bits per heavy atom. The molecule has 1 heterocycles. The number of esters is 1. The van der Waals surface area contributed by atoms with Gasteiger partial charge in [0.15, 0.2) is 0 Å². The summed E-state index contributed by atoms with van der Waals surface area (Å²) < 4.78 is 11.8. The quantitative estimate of drug-likeness (QED) is 0.716. The molecule has 7 nitrogen and oxygen atoms in total. The number of rotatable bonds is 7. The van der Waals surface area contributed by atoms with Crippen LogP contribution in [0.5, 0.6) is 5.88 Å². The van der Waals surface area contributed by atoms with Crippen LogP contribution in [0, 0.1) is 6.92 Å². The van der Waals surface area contributed by atoms with Gasteiger partial charge in [-0.25, -0.2) is 9.48 Å². The lowest BCUT2D eigenvalue weighted by atomic mass is 10.1. The Morgan fingerprint density at radius 3 is 2.60 bits per heavy atom. The van der Waals surface area contributed by atoms with E-state index in [0.717, 1.165) is 17.8 Å². The number of hydrogen-bond donors (Lipinski definition) is 1. The van der Waals surface area contributed by atoms with Crippen LogP contribution in [0.15, 0.2) is 0 Å². The van der Waals surface area contributed by atoms with E-state index in [1.165, 1.54) is 7.11 Å². The summed E-state index contributed by atoms with van der Waals surface area (Å²) in [4.78, 5) is 14.1. The first-order chi connectivity index (χ1) is 9.42. The largest absolute Gasteiger partial charge is 0.481 e. The van der Waals surface area contributed by atoms with Gasteiger partial charge in [0.25, 0.3) is 0 Å². The second kappa shape index (κ2) is 7.25. The summed E-state index contributed by atoms with van der Waals surface area (Å²) in [5.74, 6) is 0.216.